The van der Waals surface area contributed by atoms with Crippen molar-refractivity contribution in [1.29, 1.82) is 0 Å². The van der Waals surface area contributed by atoms with Gasteiger partial charge in [0.1, 0.15) is 0 Å². The quantitative estimate of drug-likeness (QED) is 0.635. The van der Waals surface area contributed by atoms with Gasteiger partial charge in [0.15, 0.2) is 0 Å². The summed E-state index contributed by atoms with van der Waals surface area (Å²) in [5.41, 5.74) is 3.03. The van der Waals surface area contributed by atoms with Gasteiger partial charge in [-0.05, 0) is 28.4 Å². The lowest BCUT2D eigenvalue weighted by molar-refractivity contribution is 0.132. The second-order valence-corrected chi connectivity index (χ2v) is 6.38. The van der Waals surface area contributed by atoms with Gasteiger partial charge in [0.05, 0.1) is 0 Å². The second-order valence-electron chi connectivity index (χ2n) is 6.00. The van der Waals surface area contributed by atoms with Crippen molar-refractivity contribution in [2.45, 2.75) is 34.1 Å². The first-order valence-electron chi connectivity index (χ1n) is 5.81. The fourth-order valence-electron chi connectivity index (χ4n) is 3.41. The molecule has 0 bridgehead atoms. The Hall–Kier alpha value is -0.750. The third-order valence-corrected chi connectivity index (χ3v) is 3.89. The molecule has 0 unspecified atom stereocenters. The third-order valence-electron chi connectivity index (χ3n) is 3.48. The molecule has 0 N–H and O–H groups in total. The van der Waals surface area contributed by atoms with Crippen LogP contribution in [0.2, 0.25) is 0 Å². The lowest BCUT2D eigenvalue weighted by Gasteiger charge is -2.53. The van der Waals surface area contributed by atoms with E-state index < -0.39 is 0 Å². The van der Waals surface area contributed by atoms with Crippen LogP contribution in [-0.4, -0.2) is 0 Å². The lowest BCUT2D eigenvalue weighted by atomic mass is 9.52. The first kappa shape index (κ1) is 11.7. The maximum Gasteiger partial charge on any atom is 0.0481 e. The van der Waals surface area contributed by atoms with E-state index in [0.29, 0.717) is 0 Å². The zero-order valence-electron chi connectivity index (χ0n) is 10.5. The van der Waals surface area contributed by atoms with Crippen molar-refractivity contribution in [2.75, 3.05) is 0 Å². The van der Waals surface area contributed by atoms with Crippen molar-refractivity contribution in [3.8, 4) is 0 Å². The monoisotopic (exact) mass is 234 g/mol. The molecule has 1 aliphatic rings. The summed E-state index contributed by atoms with van der Waals surface area (Å²) < 4.78 is 0. The van der Waals surface area contributed by atoms with Crippen molar-refractivity contribution in [3.63, 3.8) is 0 Å². The summed E-state index contributed by atoms with van der Waals surface area (Å²) >= 11 is 6.56. The van der Waals surface area contributed by atoms with E-state index in [4.69, 9.17) is 11.6 Å². The van der Waals surface area contributed by atoms with E-state index in [1.807, 2.05) is 18.2 Å². The van der Waals surface area contributed by atoms with Gasteiger partial charge in [-0.25, -0.2) is 0 Å². The first-order valence-corrected chi connectivity index (χ1v) is 6.18. The van der Waals surface area contributed by atoms with Crippen molar-refractivity contribution >= 4 is 16.6 Å². The maximum atomic E-state index is 6.56. The van der Waals surface area contributed by atoms with Crippen LogP contribution in [0, 0.1) is 10.8 Å². The van der Waals surface area contributed by atoms with Gasteiger partial charge in [-0.1, -0.05) is 69.6 Å². The highest BCUT2D eigenvalue weighted by Crippen LogP contribution is 2.61. The summed E-state index contributed by atoms with van der Waals surface area (Å²) in [6, 6.07) is 10.3. The van der Waals surface area contributed by atoms with Gasteiger partial charge >= 0.3 is 0 Å². The molecule has 1 fully saturated rings. The van der Waals surface area contributed by atoms with Gasteiger partial charge in [0, 0.05) is 5.03 Å². The van der Waals surface area contributed by atoms with Crippen LogP contribution in [0.25, 0.3) is 5.03 Å². The molecule has 0 saturated heterocycles. The summed E-state index contributed by atoms with van der Waals surface area (Å²) in [5, 5.41) is 0.946. The van der Waals surface area contributed by atoms with E-state index in [1.54, 1.807) is 0 Å². The average Bonchev–Trinajstić information content (AvgIpc) is 2.15. The molecule has 1 aromatic rings. The van der Waals surface area contributed by atoms with Crippen molar-refractivity contribution < 1.29 is 0 Å². The highest BCUT2D eigenvalue weighted by molar-refractivity contribution is 6.49. The molecule has 0 amide bonds. The summed E-state index contributed by atoms with van der Waals surface area (Å²) in [6.45, 7) is 9.11. The summed E-state index contributed by atoms with van der Waals surface area (Å²) in [5.74, 6) is 0. The van der Waals surface area contributed by atoms with Crippen molar-refractivity contribution in [2.24, 2.45) is 10.8 Å². The molecular formula is C15H19Cl. The lowest BCUT2D eigenvalue weighted by Crippen LogP contribution is -2.42. The van der Waals surface area contributed by atoms with Gasteiger partial charge in [0.2, 0.25) is 0 Å². The topological polar surface area (TPSA) is 0 Å². The Morgan fingerprint density at radius 1 is 1.00 bits per heavy atom. The number of hydrogen-bond acceptors (Lipinski definition) is 0. The van der Waals surface area contributed by atoms with Crippen LogP contribution in [-0.2, 0) is 0 Å². The molecule has 0 aromatic heterocycles. The molecule has 86 valence electrons. The Morgan fingerprint density at radius 3 is 1.94 bits per heavy atom. The van der Waals surface area contributed by atoms with Crippen LogP contribution in [0.15, 0.2) is 35.9 Å². The minimum absolute atomic E-state index is 0.246. The summed E-state index contributed by atoms with van der Waals surface area (Å²) in [7, 11) is 0. The molecule has 1 heteroatoms. The molecule has 0 radical (unpaired) electrons. The first-order chi connectivity index (χ1) is 7.34. The van der Waals surface area contributed by atoms with Crippen LogP contribution in [0.3, 0.4) is 0 Å². The Labute approximate surface area is 103 Å². The highest BCUT2D eigenvalue weighted by Gasteiger charge is 2.49. The number of allylic oxidation sites excluding steroid dienone is 1. The predicted molar refractivity (Wildman–Crippen MR) is 71.4 cm³/mol. The Bertz CT molecular complexity index is 408. The molecular weight excluding hydrogens is 216 g/mol. The molecule has 1 saturated carbocycles. The van der Waals surface area contributed by atoms with Gasteiger partial charge in [-0.2, -0.15) is 0 Å². The van der Waals surface area contributed by atoms with E-state index in [-0.39, 0.29) is 10.8 Å². The van der Waals surface area contributed by atoms with Crippen LogP contribution in [0.5, 0.6) is 0 Å². The van der Waals surface area contributed by atoms with Crippen LogP contribution < -0.4 is 0 Å². The Balaban J connectivity index is 2.49. The molecule has 0 heterocycles. The van der Waals surface area contributed by atoms with Gasteiger partial charge < -0.3 is 0 Å². The smallest absolute Gasteiger partial charge is 0.0481 e. The Morgan fingerprint density at radius 2 is 1.50 bits per heavy atom. The fourth-order valence-corrected chi connectivity index (χ4v) is 4.05. The fraction of sp³-hybridized carbons (Fsp3) is 0.467. The molecule has 1 aromatic carbocycles. The van der Waals surface area contributed by atoms with E-state index in [0.717, 1.165) is 10.6 Å². The SMILES string of the molecule is CC1(C)CC(C)(C)C1=C(Cl)c1ccccc1. The number of benzene rings is 1. The number of hydrogen-bond donors (Lipinski definition) is 0. The third kappa shape index (κ3) is 1.80. The van der Waals surface area contributed by atoms with E-state index in [1.165, 1.54) is 12.0 Å². The number of rotatable bonds is 1. The molecule has 0 spiro atoms. The van der Waals surface area contributed by atoms with E-state index in [9.17, 15) is 0 Å². The Kier molecular flexibility index (Phi) is 2.66. The zero-order chi connectivity index (χ0) is 12.0. The maximum absolute atomic E-state index is 6.56. The van der Waals surface area contributed by atoms with Crippen LogP contribution >= 0.6 is 11.6 Å². The average molecular weight is 235 g/mol. The standard InChI is InChI=1S/C15H19Cl/c1-14(2)10-15(3,4)13(14)12(16)11-8-6-5-7-9-11/h5-9H,10H2,1-4H3. The normalized spacial score (nSPS) is 21.4. The van der Waals surface area contributed by atoms with E-state index >= 15 is 0 Å². The minimum Gasteiger partial charge on any atom is -0.0837 e. The van der Waals surface area contributed by atoms with Gasteiger partial charge in [0.25, 0.3) is 0 Å². The van der Waals surface area contributed by atoms with Crippen molar-refractivity contribution in [1.82, 2.24) is 0 Å². The summed E-state index contributed by atoms with van der Waals surface area (Å²) in [4.78, 5) is 0. The molecule has 0 nitrogen and oxygen atoms in total. The molecule has 2 rings (SSSR count). The van der Waals surface area contributed by atoms with Crippen LogP contribution in [0.4, 0.5) is 0 Å². The minimum atomic E-state index is 0.246. The summed E-state index contributed by atoms with van der Waals surface area (Å²) in [6.07, 6.45) is 1.21. The van der Waals surface area contributed by atoms with E-state index in [2.05, 4.69) is 39.8 Å². The highest BCUT2D eigenvalue weighted by atomic mass is 35.5. The second kappa shape index (κ2) is 3.63. The van der Waals surface area contributed by atoms with Gasteiger partial charge in [-0.15, -0.1) is 0 Å². The predicted octanol–water partition coefficient (Wildman–Crippen LogP) is 5.09. The van der Waals surface area contributed by atoms with Gasteiger partial charge in [-0.3, -0.25) is 0 Å². The largest absolute Gasteiger partial charge is 0.0837 e. The molecule has 16 heavy (non-hydrogen) atoms. The van der Waals surface area contributed by atoms with Crippen molar-refractivity contribution in [3.05, 3.63) is 41.5 Å². The molecule has 0 aliphatic heterocycles. The molecule has 1 aliphatic carbocycles. The van der Waals surface area contributed by atoms with Crippen LogP contribution in [0.1, 0.15) is 39.7 Å². The number of halogens is 1. The zero-order valence-corrected chi connectivity index (χ0v) is 11.2. The molecule has 0 atom stereocenters.